The molecule has 1 aliphatic heterocycles. The summed E-state index contributed by atoms with van der Waals surface area (Å²) in [5.74, 6) is -2.05. The van der Waals surface area contributed by atoms with Crippen molar-refractivity contribution in [3.05, 3.63) is 64.0 Å². The number of benzene rings is 2. The lowest BCUT2D eigenvalue weighted by Crippen LogP contribution is -2.36. The molecule has 0 spiro atoms. The zero-order valence-corrected chi connectivity index (χ0v) is 18.6. The summed E-state index contributed by atoms with van der Waals surface area (Å²) in [4.78, 5) is 22.8. The van der Waals surface area contributed by atoms with E-state index in [0.717, 1.165) is 37.3 Å². The number of nitro groups is 1. The summed E-state index contributed by atoms with van der Waals surface area (Å²) >= 11 is 0. The molecule has 1 heterocycles. The second-order valence-electron chi connectivity index (χ2n) is 8.54. The summed E-state index contributed by atoms with van der Waals surface area (Å²) in [6.45, 7) is 7.67. The van der Waals surface area contributed by atoms with Crippen LogP contribution in [-0.2, 0) is 4.74 Å². The van der Waals surface area contributed by atoms with Gasteiger partial charge in [0.05, 0.1) is 10.6 Å². The Hall–Kier alpha value is -3.50. The lowest BCUT2D eigenvalue weighted by Gasteiger charge is -2.21. The molecule has 1 atom stereocenters. The molecule has 1 fully saturated rings. The number of ether oxygens (including phenoxy) is 1. The van der Waals surface area contributed by atoms with Crippen molar-refractivity contribution in [1.29, 1.82) is 0 Å². The number of nitrogen functional groups attached to an aromatic ring is 1. The van der Waals surface area contributed by atoms with Crippen molar-refractivity contribution in [2.24, 2.45) is 5.92 Å². The fourth-order valence-corrected chi connectivity index (χ4v) is 3.12. The minimum atomic E-state index is -1.16. The van der Waals surface area contributed by atoms with E-state index in [1.807, 2.05) is 26.8 Å². The van der Waals surface area contributed by atoms with E-state index in [9.17, 15) is 28.1 Å². The SMILES string of the molecule is CC(C)(C)OC(=O)NC[C@H]1CCN(c2ccc(N)c(F)c2)C1.O=[N+]([O-])c1ccc(F)cc1F. The number of carbonyl (C=O) groups is 1. The van der Waals surface area contributed by atoms with E-state index < -0.39 is 39.8 Å². The molecule has 8 nitrogen and oxygen atoms in total. The van der Waals surface area contributed by atoms with Crippen molar-refractivity contribution in [1.82, 2.24) is 5.32 Å². The molecule has 0 radical (unpaired) electrons. The number of hydrogen-bond donors (Lipinski definition) is 2. The Morgan fingerprint density at radius 3 is 2.48 bits per heavy atom. The third-order valence-electron chi connectivity index (χ3n) is 4.68. The van der Waals surface area contributed by atoms with Gasteiger partial charge in [0.1, 0.15) is 17.2 Å². The van der Waals surface area contributed by atoms with Crippen LogP contribution in [0.1, 0.15) is 27.2 Å². The molecule has 0 aromatic heterocycles. The number of nitrogens with one attached hydrogen (secondary N) is 1. The van der Waals surface area contributed by atoms with E-state index in [2.05, 4.69) is 10.2 Å². The molecule has 2 aromatic carbocycles. The number of halogens is 3. The average Bonchev–Trinajstić information content (AvgIpc) is 3.16. The minimum absolute atomic E-state index is 0.158. The highest BCUT2D eigenvalue weighted by Crippen LogP contribution is 2.26. The van der Waals surface area contributed by atoms with Gasteiger partial charge in [0.25, 0.3) is 0 Å². The third-order valence-corrected chi connectivity index (χ3v) is 4.68. The van der Waals surface area contributed by atoms with Gasteiger partial charge < -0.3 is 20.7 Å². The zero-order valence-electron chi connectivity index (χ0n) is 18.6. The Morgan fingerprint density at radius 2 is 1.91 bits per heavy atom. The van der Waals surface area contributed by atoms with E-state index in [1.54, 1.807) is 6.07 Å². The summed E-state index contributed by atoms with van der Waals surface area (Å²) in [6.07, 6.45) is 0.548. The van der Waals surface area contributed by atoms with Crippen LogP contribution in [0, 0.1) is 33.5 Å². The number of nitro benzene ring substituents is 1. The molecular weight excluding hydrogens is 441 g/mol. The van der Waals surface area contributed by atoms with Gasteiger partial charge in [0.15, 0.2) is 0 Å². The fraction of sp³-hybridized carbons (Fsp3) is 0.409. The maximum absolute atomic E-state index is 13.5. The number of amides is 1. The number of nitrogens with zero attached hydrogens (tertiary/aromatic N) is 2. The van der Waals surface area contributed by atoms with Crippen molar-refractivity contribution in [2.75, 3.05) is 30.3 Å². The van der Waals surface area contributed by atoms with Gasteiger partial charge >= 0.3 is 11.8 Å². The first-order chi connectivity index (χ1) is 15.4. The maximum Gasteiger partial charge on any atom is 0.407 e. The molecule has 0 unspecified atom stereocenters. The first-order valence-electron chi connectivity index (χ1n) is 10.2. The first kappa shape index (κ1) is 25.8. The summed E-state index contributed by atoms with van der Waals surface area (Å²) in [6, 6.07) is 6.95. The highest BCUT2D eigenvalue weighted by molar-refractivity contribution is 5.67. The van der Waals surface area contributed by atoms with Crippen molar-refractivity contribution >= 4 is 23.2 Å². The molecule has 0 saturated carbocycles. The largest absolute Gasteiger partial charge is 0.444 e. The molecule has 2 aromatic rings. The summed E-state index contributed by atoms with van der Waals surface area (Å²) in [7, 11) is 0. The number of hydrogen-bond acceptors (Lipinski definition) is 6. The Kier molecular flexibility index (Phi) is 8.50. The Bertz CT molecular complexity index is 998. The second-order valence-corrected chi connectivity index (χ2v) is 8.54. The number of rotatable bonds is 4. The van der Waals surface area contributed by atoms with Crippen LogP contribution in [0.15, 0.2) is 36.4 Å². The predicted octanol–water partition coefficient (Wildman–Crippen LogP) is 4.63. The molecule has 3 rings (SSSR count). The van der Waals surface area contributed by atoms with Crippen LogP contribution < -0.4 is 16.0 Å². The average molecular weight is 468 g/mol. The van der Waals surface area contributed by atoms with E-state index in [0.29, 0.717) is 18.5 Å². The summed E-state index contributed by atoms with van der Waals surface area (Å²) in [5.41, 5.74) is 5.27. The molecule has 180 valence electrons. The van der Waals surface area contributed by atoms with Gasteiger partial charge in [0.2, 0.25) is 5.82 Å². The van der Waals surface area contributed by atoms with Crippen LogP contribution in [0.4, 0.5) is 35.0 Å². The Labute approximate surface area is 189 Å². The molecule has 3 N–H and O–H groups in total. The van der Waals surface area contributed by atoms with Crippen LogP contribution in [0.5, 0.6) is 0 Å². The van der Waals surface area contributed by atoms with Gasteiger partial charge in [-0.05, 0) is 57.4 Å². The Balaban J connectivity index is 0.000000294. The molecule has 1 saturated heterocycles. The number of carbonyl (C=O) groups excluding carboxylic acids is 1. The van der Waals surface area contributed by atoms with E-state index in [-0.39, 0.29) is 5.69 Å². The lowest BCUT2D eigenvalue weighted by atomic mass is 10.1. The topological polar surface area (TPSA) is 111 Å². The van der Waals surface area contributed by atoms with E-state index in [1.165, 1.54) is 6.07 Å². The molecule has 1 aliphatic rings. The molecule has 33 heavy (non-hydrogen) atoms. The molecule has 0 bridgehead atoms. The van der Waals surface area contributed by atoms with Crippen LogP contribution >= 0.6 is 0 Å². The normalized spacial score (nSPS) is 15.5. The van der Waals surface area contributed by atoms with Gasteiger partial charge in [-0.1, -0.05) is 0 Å². The number of nitrogens with two attached hydrogens (primary N) is 1. The maximum atomic E-state index is 13.5. The van der Waals surface area contributed by atoms with E-state index in [4.69, 9.17) is 10.5 Å². The van der Waals surface area contributed by atoms with Crippen molar-refractivity contribution in [3.63, 3.8) is 0 Å². The highest BCUT2D eigenvalue weighted by atomic mass is 19.1. The third kappa shape index (κ3) is 8.17. The summed E-state index contributed by atoms with van der Waals surface area (Å²) < 4.78 is 43.3. The van der Waals surface area contributed by atoms with Crippen molar-refractivity contribution in [2.45, 2.75) is 32.8 Å². The first-order valence-corrected chi connectivity index (χ1v) is 10.2. The smallest absolute Gasteiger partial charge is 0.407 e. The fourth-order valence-electron chi connectivity index (χ4n) is 3.12. The number of anilines is 2. The van der Waals surface area contributed by atoms with Crippen LogP contribution in [0.25, 0.3) is 0 Å². The quantitative estimate of drug-likeness (QED) is 0.385. The van der Waals surface area contributed by atoms with Crippen molar-refractivity contribution in [3.8, 4) is 0 Å². The van der Waals surface area contributed by atoms with Crippen LogP contribution in [-0.4, -0.2) is 36.3 Å². The minimum Gasteiger partial charge on any atom is -0.444 e. The van der Waals surface area contributed by atoms with Crippen LogP contribution in [0.2, 0.25) is 0 Å². The predicted molar refractivity (Wildman–Crippen MR) is 118 cm³/mol. The Morgan fingerprint density at radius 1 is 1.21 bits per heavy atom. The number of alkyl carbamates (subject to hydrolysis) is 1. The molecular formula is C22H27F3N4O4. The highest BCUT2D eigenvalue weighted by Gasteiger charge is 2.24. The van der Waals surface area contributed by atoms with Gasteiger partial charge in [0, 0.05) is 37.5 Å². The van der Waals surface area contributed by atoms with Gasteiger partial charge in [-0.3, -0.25) is 10.1 Å². The summed E-state index contributed by atoms with van der Waals surface area (Å²) in [5, 5.41) is 12.8. The molecule has 0 aliphatic carbocycles. The van der Waals surface area contributed by atoms with Gasteiger partial charge in [-0.15, -0.1) is 0 Å². The van der Waals surface area contributed by atoms with Crippen molar-refractivity contribution < 1.29 is 27.6 Å². The lowest BCUT2D eigenvalue weighted by molar-refractivity contribution is -0.387. The van der Waals surface area contributed by atoms with E-state index >= 15 is 0 Å². The second kappa shape index (κ2) is 10.9. The van der Waals surface area contributed by atoms with Gasteiger partial charge in [-0.2, -0.15) is 4.39 Å². The monoisotopic (exact) mass is 468 g/mol. The zero-order chi connectivity index (χ0) is 24.8. The van der Waals surface area contributed by atoms with Crippen LogP contribution in [0.3, 0.4) is 0 Å². The molecule has 11 heteroatoms. The van der Waals surface area contributed by atoms with Gasteiger partial charge in [-0.25, -0.2) is 13.6 Å². The molecule has 1 amide bonds. The standard InChI is InChI=1S/C16H24FN3O2.C6H3F2NO2/c1-16(2,3)22-15(21)19-9-11-6-7-20(10-11)12-4-5-14(18)13(17)8-12;7-4-1-2-6(9(10)11)5(8)3-4/h4-5,8,11H,6-7,9-10,18H2,1-3H3,(H,19,21);1-3H/t11-;/m1./s1.